The van der Waals surface area contributed by atoms with Gasteiger partial charge in [-0.15, -0.1) is 0 Å². The first-order valence-electron chi connectivity index (χ1n) is 8.75. The van der Waals surface area contributed by atoms with E-state index in [1.54, 1.807) is 0 Å². The summed E-state index contributed by atoms with van der Waals surface area (Å²) >= 11 is 2.05. The largest absolute Gasteiger partial charge is 0.444 e. The maximum Gasteiger partial charge on any atom is 0.407 e. The van der Waals surface area contributed by atoms with Crippen LogP contribution in [0.25, 0.3) is 0 Å². The lowest BCUT2D eigenvalue weighted by Gasteiger charge is -2.32. The summed E-state index contributed by atoms with van der Waals surface area (Å²) in [5.74, 6) is 3.19. The van der Waals surface area contributed by atoms with Crippen molar-refractivity contribution in [3.8, 4) is 0 Å². The first-order chi connectivity index (χ1) is 10.4. The Balaban J connectivity index is 1.82. The molecule has 0 bridgehead atoms. The molecule has 0 spiro atoms. The number of alkyl carbamates (subject to hydrolysis) is 1. The number of carbonyl (C=O) groups is 1. The lowest BCUT2D eigenvalue weighted by atomic mass is 9.96. The molecule has 0 aromatic heterocycles. The zero-order valence-electron chi connectivity index (χ0n) is 14.3. The fraction of sp³-hybridized carbons (Fsp3) is 0.941. The standard InChI is InChI=1S/C17H32N2O2S/c1-17(2,3)21-16(20)18-11-15(13-7-4-5-8-13)19-14-9-6-10-22-12-14/h13-15,19H,4-12H2,1-3H3,(H,18,20). The number of carbonyl (C=O) groups excluding carboxylic acids is 1. The van der Waals surface area contributed by atoms with Crippen LogP contribution in [0.4, 0.5) is 4.79 Å². The highest BCUT2D eigenvalue weighted by Gasteiger charge is 2.28. The van der Waals surface area contributed by atoms with Crippen LogP contribution in [-0.2, 0) is 4.74 Å². The average Bonchev–Trinajstić information content (AvgIpc) is 2.96. The third-order valence-electron chi connectivity index (χ3n) is 4.44. The van der Waals surface area contributed by atoms with E-state index in [-0.39, 0.29) is 6.09 Å². The van der Waals surface area contributed by atoms with Crippen LogP contribution < -0.4 is 10.6 Å². The minimum atomic E-state index is -0.430. The molecule has 1 amide bonds. The monoisotopic (exact) mass is 328 g/mol. The van der Waals surface area contributed by atoms with E-state index in [0.717, 1.165) is 0 Å². The van der Waals surface area contributed by atoms with Crippen LogP contribution in [-0.4, -0.2) is 41.8 Å². The first-order valence-corrected chi connectivity index (χ1v) is 9.90. The molecular weight excluding hydrogens is 296 g/mol. The van der Waals surface area contributed by atoms with Crippen molar-refractivity contribution in [3.63, 3.8) is 0 Å². The third-order valence-corrected chi connectivity index (χ3v) is 5.66. The Morgan fingerprint density at radius 3 is 2.55 bits per heavy atom. The highest BCUT2D eigenvalue weighted by atomic mass is 32.2. The van der Waals surface area contributed by atoms with Gasteiger partial charge in [0, 0.05) is 24.4 Å². The van der Waals surface area contributed by atoms with Crippen LogP contribution in [0.1, 0.15) is 59.3 Å². The van der Waals surface area contributed by atoms with Gasteiger partial charge in [-0.3, -0.25) is 0 Å². The van der Waals surface area contributed by atoms with Gasteiger partial charge in [-0.25, -0.2) is 4.79 Å². The van der Waals surface area contributed by atoms with Gasteiger partial charge in [-0.05, 0) is 58.1 Å². The number of hydrogen-bond acceptors (Lipinski definition) is 4. The fourth-order valence-electron chi connectivity index (χ4n) is 3.40. The predicted molar refractivity (Wildman–Crippen MR) is 93.5 cm³/mol. The van der Waals surface area contributed by atoms with Gasteiger partial charge < -0.3 is 15.4 Å². The molecule has 1 saturated heterocycles. The fourth-order valence-corrected chi connectivity index (χ4v) is 4.49. The van der Waals surface area contributed by atoms with Crippen LogP contribution in [0.2, 0.25) is 0 Å². The third kappa shape index (κ3) is 6.37. The molecule has 1 aliphatic carbocycles. The van der Waals surface area contributed by atoms with E-state index in [1.807, 2.05) is 32.5 Å². The number of hydrogen-bond donors (Lipinski definition) is 2. The molecule has 1 aliphatic heterocycles. The second-order valence-corrected chi connectivity index (χ2v) is 8.76. The summed E-state index contributed by atoms with van der Waals surface area (Å²) in [7, 11) is 0. The molecule has 1 saturated carbocycles. The van der Waals surface area contributed by atoms with Gasteiger partial charge in [0.15, 0.2) is 0 Å². The Labute approximate surface area is 139 Å². The number of thioether (sulfide) groups is 1. The van der Waals surface area contributed by atoms with E-state index in [2.05, 4.69) is 10.6 Å². The van der Waals surface area contributed by atoms with Crippen LogP contribution in [0.15, 0.2) is 0 Å². The maximum absolute atomic E-state index is 11.9. The van der Waals surface area contributed by atoms with Crippen molar-refractivity contribution in [2.45, 2.75) is 77.0 Å². The highest BCUT2D eigenvalue weighted by Crippen LogP contribution is 2.29. The summed E-state index contributed by atoms with van der Waals surface area (Å²) in [6, 6.07) is 0.989. The molecule has 22 heavy (non-hydrogen) atoms. The zero-order chi connectivity index (χ0) is 16.0. The molecule has 128 valence electrons. The van der Waals surface area contributed by atoms with E-state index in [4.69, 9.17) is 4.74 Å². The van der Waals surface area contributed by atoms with Gasteiger partial charge in [0.05, 0.1) is 0 Å². The predicted octanol–water partition coefficient (Wildman–Crippen LogP) is 3.56. The quantitative estimate of drug-likeness (QED) is 0.810. The van der Waals surface area contributed by atoms with E-state index in [1.165, 1.54) is 50.0 Å². The van der Waals surface area contributed by atoms with Crippen molar-refractivity contribution in [1.29, 1.82) is 0 Å². The number of ether oxygens (including phenoxy) is 1. The van der Waals surface area contributed by atoms with Crippen molar-refractivity contribution >= 4 is 17.9 Å². The van der Waals surface area contributed by atoms with Gasteiger partial charge in [0.2, 0.25) is 0 Å². The molecule has 0 radical (unpaired) electrons. The van der Waals surface area contributed by atoms with Crippen molar-refractivity contribution in [2.75, 3.05) is 18.1 Å². The molecule has 2 fully saturated rings. The first kappa shape index (κ1) is 17.9. The Morgan fingerprint density at radius 2 is 1.95 bits per heavy atom. The van der Waals surface area contributed by atoms with Gasteiger partial charge in [0.25, 0.3) is 0 Å². The molecule has 0 aromatic carbocycles. The van der Waals surface area contributed by atoms with E-state index < -0.39 is 5.60 Å². The normalized spacial score (nSPS) is 25.0. The van der Waals surface area contributed by atoms with Crippen molar-refractivity contribution in [3.05, 3.63) is 0 Å². The molecule has 2 aliphatic rings. The second-order valence-electron chi connectivity index (χ2n) is 7.61. The Hall–Kier alpha value is -0.420. The molecule has 2 atom stereocenters. The van der Waals surface area contributed by atoms with Crippen molar-refractivity contribution < 1.29 is 9.53 Å². The topological polar surface area (TPSA) is 50.4 Å². The van der Waals surface area contributed by atoms with Crippen LogP contribution in [0, 0.1) is 5.92 Å². The SMILES string of the molecule is CC(C)(C)OC(=O)NCC(NC1CCCSC1)C1CCCC1. The number of nitrogens with one attached hydrogen (secondary N) is 2. The second kappa shape index (κ2) is 8.44. The lowest BCUT2D eigenvalue weighted by molar-refractivity contribution is 0.0517. The van der Waals surface area contributed by atoms with Gasteiger partial charge in [-0.2, -0.15) is 11.8 Å². The van der Waals surface area contributed by atoms with E-state index >= 15 is 0 Å². The van der Waals surface area contributed by atoms with Gasteiger partial charge in [-0.1, -0.05) is 12.8 Å². The molecule has 2 N–H and O–H groups in total. The molecule has 0 aromatic rings. The smallest absolute Gasteiger partial charge is 0.407 e. The van der Waals surface area contributed by atoms with Crippen molar-refractivity contribution in [1.82, 2.24) is 10.6 Å². The summed E-state index contributed by atoms with van der Waals surface area (Å²) in [6.07, 6.45) is 7.50. The summed E-state index contributed by atoms with van der Waals surface area (Å²) in [5.41, 5.74) is -0.430. The van der Waals surface area contributed by atoms with Gasteiger partial charge in [0.1, 0.15) is 5.60 Å². The molecule has 1 heterocycles. The molecule has 2 rings (SSSR count). The molecule has 2 unspecified atom stereocenters. The molecular formula is C17H32N2O2S. The zero-order valence-corrected chi connectivity index (χ0v) is 15.1. The Kier molecular flexibility index (Phi) is 6.87. The summed E-state index contributed by atoms with van der Waals surface area (Å²) < 4.78 is 5.36. The summed E-state index contributed by atoms with van der Waals surface area (Å²) in [5, 5.41) is 6.80. The molecule has 5 heteroatoms. The minimum Gasteiger partial charge on any atom is -0.444 e. The van der Waals surface area contributed by atoms with Crippen LogP contribution in [0.5, 0.6) is 0 Å². The van der Waals surface area contributed by atoms with Crippen LogP contribution >= 0.6 is 11.8 Å². The summed E-state index contributed by atoms with van der Waals surface area (Å²) in [6.45, 7) is 6.39. The van der Waals surface area contributed by atoms with Crippen LogP contribution in [0.3, 0.4) is 0 Å². The van der Waals surface area contributed by atoms with E-state index in [0.29, 0.717) is 24.5 Å². The Morgan fingerprint density at radius 1 is 1.23 bits per heavy atom. The Bertz CT molecular complexity index is 345. The average molecular weight is 329 g/mol. The van der Waals surface area contributed by atoms with E-state index in [9.17, 15) is 4.79 Å². The number of amides is 1. The highest BCUT2D eigenvalue weighted by molar-refractivity contribution is 7.99. The lowest BCUT2D eigenvalue weighted by Crippen LogP contribution is -2.50. The molecule has 4 nitrogen and oxygen atoms in total. The summed E-state index contributed by atoms with van der Waals surface area (Å²) in [4.78, 5) is 11.9. The number of rotatable bonds is 5. The minimum absolute atomic E-state index is 0.296. The van der Waals surface area contributed by atoms with Crippen molar-refractivity contribution in [2.24, 2.45) is 5.92 Å². The maximum atomic E-state index is 11.9. The van der Waals surface area contributed by atoms with Gasteiger partial charge >= 0.3 is 6.09 Å².